The lowest BCUT2D eigenvalue weighted by atomic mass is 10.2. The lowest BCUT2D eigenvalue weighted by molar-refractivity contribution is -0.385. The van der Waals surface area contributed by atoms with E-state index in [1.54, 1.807) is 0 Å². The first-order valence-corrected chi connectivity index (χ1v) is 7.23. The first kappa shape index (κ1) is 19.3. The summed E-state index contributed by atoms with van der Waals surface area (Å²) in [7, 11) is 0. The third-order valence-electron chi connectivity index (χ3n) is 3.55. The molecule has 0 saturated carbocycles. The smallest absolute Gasteiger partial charge is 0.272 e. The number of nitro benzene ring substituents is 1. The maximum absolute atomic E-state index is 13.7. The molecule has 9 heteroatoms. The highest BCUT2D eigenvalue weighted by molar-refractivity contribution is 5.94. The monoisotopic (exact) mass is 346 g/mol. The van der Waals surface area contributed by atoms with Gasteiger partial charge in [0.2, 0.25) is 0 Å². The van der Waals surface area contributed by atoms with Crippen LogP contribution >= 0.6 is 12.4 Å². The van der Waals surface area contributed by atoms with Crippen LogP contribution in [0.2, 0.25) is 0 Å². The molecule has 0 unspecified atom stereocenters. The summed E-state index contributed by atoms with van der Waals surface area (Å²) in [6, 6.07) is 3.02. The van der Waals surface area contributed by atoms with Crippen LogP contribution in [-0.4, -0.2) is 55.0 Å². The number of carbonyl (C=O) groups is 1. The fourth-order valence-corrected chi connectivity index (χ4v) is 2.34. The Morgan fingerprint density at radius 1 is 1.39 bits per heavy atom. The van der Waals surface area contributed by atoms with Crippen molar-refractivity contribution in [2.24, 2.45) is 0 Å². The molecule has 0 bridgehead atoms. The molecule has 0 aliphatic carbocycles. The van der Waals surface area contributed by atoms with Crippen LogP contribution in [0.4, 0.5) is 10.1 Å². The summed E-state index contributed by atoms with van der Waals surface area (Å²) in [5.41, 5.74) is -0.541. The van der Waals surface area contributed by atoms with Crippen molar-refractivity contribution < 1.29 is 14.1 Å². The number of piperazine rings is 1. The summed E-state index contributed by atoms with van der Waals surface area (Å²) in [5.74, 6) is -1.43. The number of amides is 1. The lowest BCUT2D eigenvalue weighted by Gasteiger charge is -2.27. The molecule has 2 N–H and O–H groups in total. The molecule has 1 aromatic rings. The molecule has 1 amide bonds. The van der Waals surface area contributed by atoms with Gasteiger partial charge in [-0.3, -0.25) is 14.9 Å². The molecule has 7 nitrogen and oxygen atoms in total. The molecule has 23 heavy (non-hydrogen) atoms. The Morgan fingerprint density at radius 3 is 2.70 bits per heavy atom. The van der Waals surface area contributed by atoms with Crippen LogP contribution in [0.25, 0.3) is 0 Å². The summed E-state index contributed by atoms with van der Waals surface area (Å²) < 4.78 is 13.7. The van der Waals surface area contributed by atoms with Crippen LogP contribution in [-0.2, 0) is 0 Å². The van der Waals surface area contributed by atoms with Gasteiger partial charge in [0, 0.05) is 38.8 Å². The van der Waals surface area contributed by atoms with Gasteiger partial charge in [0.15, 0.2) is 0 Å². The highest BCUT2D eigenvalue weighted by Crippen LogP contribution is 2.16. The largest absolute Gasteiger partial charge is 0.352 e. The van der Waals surface area contributed by atoms with E-state index in [2.05, 4.69) is 15.5 Å². The molecule has 1 heterocycles. The molecule has 0 atom stereocenters. The number of rotatable bonds is 6. The van der Waals surface area contributed by atoms with E-state index >= 15 is 0 Å². The zero-order valence-corrected chi connectivity index (χ0v) is 13.4. The molecule has 1 aliphatic rings. The number of hydrogen-bond acceptors (Lipinski definition) is 5. The minimum atomic E-state index is -0.881. The van der Waals surface area contributed by atoms with Gasteiger partial charge in [-0.1, -0.05) is 0 Å². The number of nitro groups is 1. The van der Waals surface area contributed by atoms with E-state index in [1.165, 1.54) is 0 Å². The van der Waals surface area contributed by atoms with E-state index in [9.17, 15) is 19.3 Å². The minimum Gasteiger partial charge on any atom is -0.352 e. The number of hydrogen-bond donors (Lipinski definition) is 2. The summed E-state index contributed by atoms with van der Waals surface area (Å²) in [6.45, 7) is 5.25. The van der Waals surface area contributed by atoms with Gasteiger partial charge in [0.05, 0.1) is 16.6 Å². The topological polar surface area (TPSA) is 87.5 Å². The van der Waals surface area contributed by atoms with E-state index in [0.717, 1.165) is 57.3 Å². The molecule has 2 rings (SSSR count). The average Bonchev–Trinajstić information content (AvgIpc) is 2.52. The van der Waals surface area contributed by atoms with Crippen molar-refractivity contribution in [1.29, 1.82) is 0 Å². The molecule has 1 aliphatic heterocycles. The van der Waals surface area contributed by atoms with Gasteiger partial charge in [-0.05, 0) is 19.0 Å². The molecular formula is C14H20ClFN4O3. The molecular weight excluding hydrogens is 327 g/mol. The summed E-state index contributed by atoms with van der Waals surface area (Å²) >= 11 is 0. The molecule has 1 saturated heterocycles. The van der Waals surface area contributed by atoms with Gasteiger partial charge < -0.3 is 15.5 Å². The van der Waals surface area contributed by atoms with E-state index in [-0.39, 0.29) is 23.7 Å². The average molecular weight is 347 g/mol. The Balaban J connectivity index is 0.00000264. The molecule has 0 spiro atoms. The summed E-state index contributed by atoms with van der Waals surface area (Å²) in [4.78, 5) is 24.0. The normalized spacial score (nSPS) is 14.8. The van der Waals surface area contributed by atoms with Crippen molar-refractivity contribution in [3.8, 4) is 0 Å². The van der Waals surface area contributed by atoms with Gasteiger partial charge in [-0.25, -0.2) is 4.39 Å². The number of benzene rings is 1. The van der Waals surface area contributed by atoms with Crippen molar-refractivity contribution in [1.82, 2.24) is 15.5 Å². The van der Waals surface area contributed by atoms with E-state index < -0.39 is 16.6 Å². The Bertz CT molecular complexity index is 553. The van der Waals surface area contributed by atoms with Gasteiger partial charge in [-0.15, -0.1) is 12.4 Å². The van der Waals surface area contributed by atoms with E-state index in [0.29, 0.717) is 6.54 Å². The number of carbonyl (C=O) groups excluding carboxylic acids is 1. The quantitative estimate of drug-likeness (QED) is 0.459. The van der Waals surface area contributed by atoms with Crippen LogP contribution in [0.15, 0.2) is 18.2 Å². The van der Waals surface area contributed by atoms with Gasteiger partial charge in [-0.2, -0.15) is 0 Å². The highest BCUT2D eigenvalue weighted by atomic mass is 35.5. The first-order valence-electron chi connectivity index (χ1n) is 7.23. The molecule has 1 fully saturated rings. The summed E-state index contributed by atoms with van der Waals surface area (Å²) in [6.07, 6.45) is 0.778. The Hall–Kier alpha value is -1.77. The number of nitrogens with one attached hydrogen (secondary N) is 2. The van der Waals surface area contributed by atoms with Crippen LogP contribution in [0.5, 0.6) is 0 Å². The lowest BCUT2D eigenvalue weighted by Crippen LogP contribution is -2.44. The predicted molar refractivity (Wildman–Crippen MR) is 86.6 cm³/mol. The van der Waals surface area contributed by atoms with Crippen molar-refractivity contribution in [2.45, 2.75) is 6.42 Å². The van der Waals surface area contributed by atoms with Crippen LogP contribution in [0.1, 0.15) is 16.8 Å². The minimum absolute atomic E-state index is 0. The third kappa shape index (κ3) is 5.74. The number of halogens is 2. The predicted octanol–water partition coefficient (Wildman–Crippen LogP) is 1.18. The molecule has 0 radical (unpaired) electrons. The van der Waals surface area contributed by atoms with Crippen LogP contribution < -0.4 is 10.6 Å². The molecule has 128 valence electrons. The maximum atomic E-state index is 13.7. The second kappa shape index (κ2) is 9.39. The third-order valence-corrected chi connectivity index (χ3v) is 3.55. The van der Waals surface area contributed by atoms with Gasteiger partial charge in [0.1, 0.15) is 5.82 Å². The number of nitrogens with zero attached hydrogens (tertiary/aromatic N) is 2. The Kier molecular flexibility index (Phi) is 7.87. The zero-order valence-electron chi connectivity index (χ0n) is 12.6. The first-order chi connectivity index (χ1) is 10.6. The second-order valence-corrected chi connectivity index (χ2v) is 5.12. The van der Waals surface area contributed by atoms with Crippen molar-refractivity contribution >= 4 is 24.0 Å². The van der Waals surface area contributed by atoms with Crippen LogP contribution in [0, 0.1) is 15.9 Å². The van der Waals surface area contributed by atoms with Gasteiger partial charge >= 0.3 is 0 Å². The molecule has 0 aromatic heterocycles. The van der Waals surface area contributed by atoms with Crippen molar-refractivity contribution in [3.05, 3.63) is 39.7 Å². The zero-order chi connectivity index (χ0) is 15.9. The fraction of sp³-hybridized carbons (Fsp3) is 0.500. The molecule has 1 aromatic carbocycles. The number of non-ortho nitro benzene ring substituents is 1. The maximum Gasteiger partial charge on any atom is 0.272 e. The van der Waals surface area contributed by atoms with Gasteiger partial charge in [0.25, 0.3) is 11.6 Å². The summed E-state index contributed by atoms with van der Waals surface area (Å²) in [5, 5.41) is 16.4. The SMILES string of the molecule is Cl.O=C(NCCCN1CCNCC1)c1ccc([N+](=O)[O-])cc1F. The fourth-order valence-electron chi connectivity index (χ4n) is 2.34. The standard InChI is InChI=1S/C14H19FN4O3.ClH/c15-13-10-11(19(21)22)2-3-12(13)14(20)17-4-1-7-18-8-5-16-6-9-18;/h2-3,10,16H,1,4-9H2,(H,17,20);1H. The van der Waals surface area contributed by atoms with Crippen molar-refractivity contribution in [2.75, 3.05) is 39.3 Å². The van der Waals surface area contributed by atoms with Crippen molar-refractivity contribution in [3.63, 3.8) is 0 Å². The van der Waals surface area contributed by atoms with E-state index in [4.69, 9.17) is 0 Å². The highest BCUT2D eigenvalue weighted by Gasteiger charge is 2.16. The second-order valence-electron chi connectivity index (χ2n) is 5.12. The van der Waals surface area contributed by atoms with E-state index in [1.807, 2.05) is 0 Å². The Morgan fingerprint density at radius 2 is 2.09 bits per heavy atom. The Labute approximate surface area is 139 Å². The van der Waals surface area contributed by atoms with Crippen LogP contribution in [0.3, 0.4) is 0 Å².